The van der Waals surface area contributed by atoms with Gasteiger partial charge in [-0.05, 0) is 30.7 Å². The Balaban J connectivity index is 2.25. The van der Waals surface area contributed by atoms with E-state index in [2.05, 4.69) is 4.72 Å². The first-order valence-corrected chi connectivity index (χ1v) is 7.80. The highest BCUT2D eigenvalue weighted by Gasteiger charge is 2.20. The number of rotatable bonds is 5. The predicted octanol–water partition coefficient (Wildman–Crippen LogP) is 2.77. The fourth-order valence-electron chi connectivity index (χ4n) is 1.88. The Labute approximate surface area is 126 Å². The van der Waals surface area contributed by atoms with Gasteiger partial charge in [0.2, 0.25) is 10.0 Å². The Morgan fingerprint density at radius 3 is 2.41 bits per heavy atom. The molecule has 1 unspecified atom stereocenters. The fraction of sp³-hybridized carbons (Fsp3) is 0.143. The van der Waals surface area contributed by atoms with E-state index in [9.17, 15) is 22.9 Å². The highest BCUT2D eigenvalue weighted by Crippen LogP contribution is 2.20. The summed E-state index contributed by atoms with van der Waals surface area (Å²) >= 11 is 0. The molecule has 8 heteroatoms. The SMILES string of the molecule is CC(NS(=O)(=O)c1cccc([N+](=O)[O-])c1)c1ccc(F)cc1. The van der Waals surface area contributed by atoms with Gasteiger partial charge in [0.05, 0.1) is 9.82 Å². The number of hydrogen-bond donors (Lipinski definition) is 1. The molecule has 0 saturated carbocycles. The molecule has 1 atom stereocenters. The molecular formula is C14H13FN2O4S. The van der Waals surface area contributed by atoms with Crippen LogP contribution in [0.5, 0.6) is 0 Å². The average molecular weight is 324 g/mol. The maximum atomic E-state index is 12.9. The molecule has 0 fully saturated rings. The molecule has 0 saturated heterocycles. The zero-order valence-corrected chi connectivity index (χ0v) is 12.4. The van der Waals surface area contributed by atoms with Crippen LogP contribution in [-0.2, 0) is 10.0 Å². The lowest BCUT2D eigenvalue weighted by molar-refractivity contribution is -0.385. The van der Waals surface area contributed by atoms with Crippen LogP contribution in [-0.4, -0.2) is 13.3 Å². The van der Waals surface area contributed by atoms with Crippen LogP contribution in [0.1, 0.15) is 18.5 Å². The molecule has 22 heavy (non-hydrogen) atoms. The van der Waals surface area contributed by atoms with Crippen molar-refractivity contribution >= 4 is 15.7 Å². The molecule has 0 aromatic heterocycles. The van der Waals surface area contributed by atoms with Gasteiger partial charge in [-0.15, -0.1) is 0 Å². The van der Waals surface area contributed by atoms with E-state index in [1.165, 1.54) is 42.5 Å². The van der Waals surface area contributed by atoms with Gasteiger partial charge in [0.15, 0.2) is 0 Å². The number of nitrogens with one attached hydrogen (secondary N) is 1. The first-order valence-electron chi connectivity index (χ1n) is 6.32. The van der Waals surface area contributed by atoms with E-state index < -0.39 is 26.8 Å². The summed E-state index contributed by atoms with van der Waals surface area (Å²) in [5.41, 5.74) is 0.271. The number of nitro benzene ring substituents is 1. The van der Waals surface area contributed by atoms with Crippen LogP contribution in [0.3, 0.4) is 0 Å². The maximum absolute atomic E-state index is 12.9. The molecule has 116 valence electrons. The topological polar surface area (TPSA) is 89.3 Å². The lowest BCUT2D eigenvalue weighted by Gasteiger charge is -2.14. The summed E-state index contributed by atoms with van der Waals surface area (Å²) in [5, 5.41) is 10.7. The van der Waals surface area contributed by atoms with Crippen molar-refractivity contribution in [2.24, 2.45) is 0 Å². The molecule has 2 aromatic rings. The third-order valence-electron chi connectivity index (χ3n) is 3.04. The summed E-state index contributed by atoms with van der Waals surface area (Å²) in [5.74, 6) is -0.419. The number of nitrogens with zero attached hydrogens (tertiary/aromatic N) is 1. The largest absolute Gasteiger partial charge is 0.270 e. The summed E-state index contributed by atoms with van der Waals surface area (Å²) in [6.45, 7) is 1.60. The minimum absolute atomic E-state index is 0.198. The normalized spacial score (nSPS) is 12.8. The third kappa shape index (κ3) is 3.66. The predicted molar refractivity (Wildman–Crippen MR) is 78.2 cm³/mol. The van der Waals surface area contributed by atoms with E-state index in [1.807, 2.05) is 0 Å². The molecule has 0 amide bonds. The van der Waals surface area contributed by atoms with Crippen LogP contribution in [0.25, 0.3) is 0 Å². The van der Waals surface area contributed by atoms with Crippen molar-refractivity contribution in [2.45, 2.75) is 17.9 Å². The lowest BCUT2D eigenvalue weighted by atomic mass is 10.1. The highest BCUT2D eigenvalue weighted by molar-refractivity contribution is 7.89. The Morgan fingerprint density at radius 1 is 1.18 bits per heavy atom. The summed E-state index contributed by atoms with van der Waals surface area (Å²) in [6.07, 6.45) is 0. The van der Waals surface area contributed by atoms with Crippen LogP contribution in [0.15, 0.2) is 53.4 Å². The molecule has 1 N–H and O–H groups in total. The molecular weight excluding hydrogens is 311 g/mol. The van der Waals surface area contributed by atoms with Crippen LogP contribution in [0.4, 0.5) is 10.1 Å². The van der Waals surface area contributed by atoms with Crippen molar-refractivity contribution in [3.63, 3.8) is 0 Å². The third-order valence-corrected chi connectivity index (χ3v) is 4.58. The van der Waals surface area contributed by atoms with E-state index in [0.29, 0.717) is 5.56 Å². The Morgan fingerprint density at radius 2 is 1.82 bits per heavy atom. The average Bonchev–Trinajstić information content (AvgIpc) is 2.47. The maximum Gasteiger partial charge on any atom is 0.270 e. The number of sulfonamides is 1. The van der Waals surface area contributed by atoms with Gasteiger partial charge in [-0.2, -0.15) is 0 Å². The number of non-ortho nitro benzene ring substituents is 1. The van der Waals surface area contributed by atoms with E-state index in [1.54, 1.807) is 6.92 Å². The van der Waals surface area contributed by atoms with Crippen molar-refractivity contribution in [1.82, 2.24) is 4.72 Å². The van der Waals surface area contributed by atoms with E-state index in [4.69, 9.17) is 0 Å². The molecule has 0 heterocycles. The summed E-state index contributed by atoms with van der Waals surface area (Å²) < 4.78 is 39.8. The van der Waals surface area contributed by atoms with Gasteiger partial charge < -0.3 is 0 Å². The Kier molecular flexibility index (Phi) is 4.53. The monoisotopic (exact) mass is 324 g/mol. The Hall–Kier alpha value is -2.32. The van der Waals surface area contributed by atoms with E-state index in [-0.39, 0.29) is 10.6 Å². The van der Waals surface area contributed by atoms with E-state index in [0.717, 1.165) is 6.07 Å². The number of hydrogen-bond acceptors (Lipinski definition) is 4. The first kappa shape index (κ1) is 16.1. The van der Waals surface area contributed by atoms with Crippen molar-refractivity contribution in [2.75, 3.05) is 0 Å². The molecule has 6 nitrogen and oxygen atoms in total. The van der Waals surface area contributed by atoms with Gasteiger partial charge >= 0.3 is 0 Å². The molecule has 0 aliphatic carbocycles. The molecule has 0 aliphatic heterocycles. The highest BCUT2D eigenvalue weighted by atomic mass is 32.2. The molecule has 0 spiro atoms. The van der Waals surface area contributed by atoms with Crippen LogP contribution < -0.4 is 4.72 Å². The van der Waals surface area contributed by atoms with Gasteiger partial charge in [-0.25, -0.2) is 17.5 Å². The second-order valence-electron chi connectivity index (χ2n) is 4.65. The molecule has 2 rings (SSSR count). The van der Waals surface area contributed by atoms with E-state index >= 15 is 0 Å². The number of halogens is 1. The number of benzene rings is 2. The van der Waals surface area contributed by atoms with Crippen molar-refractivity contribution in [1.29, 1.82) is 0 Å². The summed E-state index contributed by atoms with van der Waals surface area (Å²) in [4.78, 5) is 9.85. The first-order chi connectivity index (χ1) is 10.3. The second-order valence-corrected chi connectivity index (χ2v) is 6.36. The summed E-state index contributed by atoms with van der Waals surface area (Å²) in [6, 6.07) is 9.56. The lowest BCUT2D eigenvalue weighted by Crippen LogP contribution is -2.26. The van der Waals surface area contributed by atoms with Crippen LogP contribution in [0.2, 0.25) is 0 Å². The van der Waals surface area contributed by atoms with Crippen LogP contribution in [0, 0.1) is 15.9 Å². The summed E-state index contributed by atoms with van der Waals surface area (Å²) in [7, 11) is -3.92. The standard InChI is InChI=1S/C14H13FN2O4S/c1-10(11-5-7-12(15)8-6-11)16-22(20,21)14-4-2-3-13(9-14)17(18)19/h2-10,16H,1H3. The van der Waals surface area contributed by atoms with Crippen molar-refractivity contribution in [3.05, 3.63) is 70.0 Å². The van der Waals surface area contributed by atoms with Gasteiger partial charge in [0.25, 0.3) is 5.69 Å². The zero-order valence-electron chi connectivity index (χ0n) is 11.6. The van der Waals surface area contributed by atoms with Gasteiger partial charge in [0, 0.05) is 18.2 Å². The Bertz CT molecular complexity index is 791. The molecule has 0 aliphatic rings. The zero-order chi connectivity index (χ0) is 16.3. The van der Waals surface area contributed by atoms with Gasteiger partial charge in [-0.1, -0.05) is 18.2 Å². The minimum atomic E-state index is -3.92. The van der Waals surface area contributed by atoms with Gasteiger partial charge in [0.1, 0.15) is 5.82 Å². The quantitative estimate of drug-likeness (QED) is 0.676. The molecule has 0 radical (unpaired) electrons. The van der Waals surface area contributed by atoms with Crippen LogP contribution >= 0.6 is 0 Å². The van der Waals surface area contributed by atoms with Gasteiger partial charge in [-0.3, -0.25) is 10.1 Å². The van der Waals surface area contributed by atoms with Crippen molar-refractivity contribution in [3.8, 4) is 0 Å². The minimum Gasteiger partial charge on any atom is -0.258 e. The number of nitro groups is 1. The van der Waals surface area contributed by atoms with Crippen molar-refractivity contribution < 1.29 is 17.7 Å². The molecule has 2 aromatic carbocycles. The smallest absolute Gasteiger partial charge is 0.258 e. The second kappa shape index (κ2) is 6.20. The molecule has 0 bridgehead atoms. The fourth-order valence-corrected chi connectivity index (χ4v) is 3.16.